The molecule has 3 rings (SSSR count). The van der Waals surface area contributed by atoms with Crippen molar-refractivity contribution in [1.29, 1.82) is 0 Å². The number of aryl methyl sites for hydroxylation is 1. The summed E-state index contributed by atoms with van der Waals surface area (Å²) in [6, 6.07) is 17.4. The van der Waals surface area contributed by atoms with E-state index in [2.05, 4.69) is 10.6 Å². The fraction of sp³-hybridized carbons (Fsp3) is 0.227. The third-order valence-corrected chi connectivity index (χ3v) is 4.64. The highest BCUT2D eigenvalue weighted by Gasteiger charge is 2.24. The van der Waals surface area contributed by atoms with Crippen LogP contribution >= 0.6 is 0 Å². The van der Waals surface area contributed by atoms with Gasteiger partial charge in [0.15, 0.2) is 0 Å². The Hall–Kier alpha value is -3.81. The Balaban J connectivity index is 1.60. The van der Waals surface area contributed by atoms with Crippen molar-refractivity contribution in [3.05, 3.63) is 71.9 Å². The Morgan fingerprint density at radius 1 is 1.03 bits per heavy atom. The van der Waals surface area contributed by atoms with Gasteiger partial charge in [-0.25, -0.2) is 9.59 Å². The van der Waals surface area contributed by atoms with Gasteiger partial charge in [0.25, 0.3) is 5.91 Å². The Morgan fingerprint density at radius 3 is 2.43 bits per heavy atom. The second-order valence-corrected chi connectivity index (χ2v) is 6.64. The average molecular weight is 409 g/mol. The maximum Gasteiger partial charge on any atom is 0.408 e. The quantitative estimate of drug-likeness (QED) is 0.584. The summed E-state index contributed by atoms with van der Waals surface area (Å²) in [5, 5.41) is 6.02. The molecule has 0 bridgehead atoms. The molecular weight excluding hydrogens is 386 g/mol. The number of ether oxygens (including phenoxy) is 2. The smallest absolute Gasteiger partial charge is 0.408 e. The van der Waals surface area contributed by atoms with E-state index >= 15 is 0 Å². The molecule has 8 heteroatoms. The molecule has 1 unspecified atom stereocenters. The predicted octanol–water partition coefficient (Wildman–Crippen LogP) is 2.38. The molecule has 0 spiro atoms. The lowest BCUT2D eigenvalue weighted by Crippen LogP contribution is -2.49. The summed E-state index contributed by atoms with van der Waals surface area (Å²) >= 11 is 0. The Bertz CT molecular complexity index is 1050. The van der Waals surface area contributed by atoms with E-state index in [4.69, 9.17) is 9.47 Å². The van der Waals surface area contributed by atoms with Crippen molar-refractivity contribution in [3.8, 4) is 0 Å². The molecule has 1 atom stereocenters. The summed E-state index contributed by atoms with van der Waals surface area (Å²) in [7, 11) is 2.99. The lowest BCUT2D eigenvalue weighted by atomic mass is 10.2. The van der Waals surface area contributed by atoms with Crippen LogP contribution in [0.5, 0.6) is 0 Å². The van der Waals surface area contributed by atoms with Gasteiger partial charge < -0.3 is 24.7 Å². The van der Waals surface area contributed by atoms with E-state index in [1.807, 2.05) is 54.6 Å². The van der Waals surface area contributed by atoms with Gasteiger partial charge in [0.1, 0.15) is 18.3 Å². The largest absolute Gasteiger partial charge is 0.467 e. The second-order valence-electron chi connectivity index (χ2n) is 6.64. The molecule has 2 N–H and O–H groups in total. The summed E-state index contributed by atoms with van der Waals surface area (Å²) in [5.74, 6) is -1.06. The molecule has 0 saturated carbocycles. The minimum absolute atomic E-state index is 0.0584. The van der Waals surface area contributed by atoms with Crippen molar-refractivity contribution in [2.45, 2.75) is 12.6 Å². The van der Waals surface area contributed by atoms with Gasteiger partial charge in [-0.3, -0.25) is 4.79 Å². The van der Waals surface area contributed by atoms with E-state index in [-0.39, 0.29) is 19.1 Å². The molecule has 0 aliphatic heterocycles. The Morgan fingerprint density at radius 2 is 1.73 bits per heavy atom. The third-order valence-electron chi connectivity index (χ3n) is 4.64. The van der Waals surface area contributed by atoms with Crippen LogP contribution in [0.25, 0.3) is 10.9 Å². The van der Waals surface area contributed by atoms with E-state index < -0.39 is 18.1 Å². The lowest BCUT2D eigenvalue weighted by Gasteiger charge is -2.17. The van der Waals surface area contributed by atoms with E-state index in [1.165, 1.54) is 7.11 Å². The lowest BCUT2D eigenvalue weighted by molar-refractivity contribution is -0.142. The number of carbonyl (C=O) groups excluding carboxylic acids is 3. The van der Waals surface area contributed by atoms with Crippen molar-refractivity contribution < 1.29 is 23.9 Å². The van der Waals surface area contributed by atoms with Crippen LogP contribution < -0.4 is 10.6 Å². The molecule has 3 aromatic rings. The van der Waals surface area contributed by atoms with Crippen LogP contribution in [-0.4, -0.2) is 42.2 Å². The Kier molecular flexibility index (Phi) is 6.69. The minimum Gasteiger partial charge on any atom is -0.467 e. The van der Waals surface area contributed by atoms with Gasteiger partial charge in [-0.2, -0.15) is 0 Å². The zero-order valence-electron chi connectivity index (χ0n) is 16.8. The summed E-state index contributed by atoms with van der Waals surface area (Å²) in [6.07, 6.45) is -0.784. The molecular formula is C22H23N3O5. The SMILES string of the molecule is COC(=O)C(CNC(=O)c1cc2ccccc2n1C)NC(=O)OCc1ccccc1. The van der Waals surface area contributed by atoms with Gasteiger partial charge in [-0.1, -0.05) is 48.5 Å². The monoisotopic (exact) mass is 409 g/mol. The van der Waals surface area contributed by atoms with Gasteiger partial charge in [-0.15, -0.1) is 0 Å². The number of methoxy groups -OCH3 is 1. The van der Waals surface area contributed by atoms with Crippen LogP contribution in [0.3, 0.4) is 0 Å². The zero-order valence-corrected chi connectivity index (χ0v) is 16.8. The number of benzene rings is 2. The van der Waals surface area contributed by atoms with E-state index in [0.29, 0.717) is 5.69 Å². The van der Waals surface area contributed by atoms with Crippen LogP contribution in [0.2, 0.25) is 0 Å². The molecule has 8 nitrogen and oxygen atoms in total. The maximum absolute atomic E-state index is 12.6. The first kappa shape index (κ1) is 20.9. The molecule has 2 aromatic carbocycles. The molecule has 30 heavy (non-hydrogen) atoms. The third kappa shape index (κ3) is 4.96. The van der Waals surface area contributed by atoms with Gasteiger partial charge in [0.05, 0.1) is 7.11 Å². The molecule has 0 saturated heterocycles. The number of amides is 2. The summed E-state index contributed by atoms with van der Waals surface area (Å²) < 4.78 is 11.6. The van der Waals surface area contributed by atoms with E-state index in [1.54, 1.807) is 17.7 Å². The number of esters is 1. The number of fused-ring (bicyclic) bond motifs is 1. The van der Waals surface area contributed by atoms with Gasteiger partial charge in [0, 0.05) is 24.5 Å². The van der Waals surface area contributed by atoms with Crippen molar-refractivity contribution in [2.75, 3.05) is 13.7 Å². The molecule has 0 radical (unpaired) electrons. The topological polar surface area (TPSA) is 98.7 Å². The first-order valence-electron chi connectivity index (χ1n) is 9.37. The second kappa shape index (κ2) is 9.60. The number of alkyl carbamates (subject to hydrolysis) is 1. The maximum atomic E-state index is 12.6. The predicted molar refractivity (Wildman–Crippen MR) is 111 cm³/mol. The van der Waals surface area contributed by atoms with Gasteiger partial charge >= 0.3 is 12.1 Å². The van der Waals surface area contributed by atoms with Crippen LogP contribution in [-0.2, 0) is 27.9 Å². The van der Waals surface area contributed by atoms with Crippen molar-refractivity contribution in [1.82, 2.24) is 15.2 Å². The van der Waals surface area contributed by atoms with Crippen molar-refractivity contribution in [2.24, 2.45) is 7.05 Å². The molecule has 156 valence electrons. The fourth-order valence-electron chi connectivity index (χ4n) is 3.03. The van der Waals surface area contributed by atoms with Crippen LogP contribution in [0.1, 0.15) is 16.1 Å². The van der Waals surface area contributed by atoms with Crippen molar-refractivity contribution in [3.63, 3.8) is 0 Å². The number of hydrogen-bond acceptors (Lipinski definition) is 5. The number of para-hydroxylation sites is 1. The number of rotatable bonds is 7. The summed E-state index contributed by atoms with van der Waals surface area (Å²) in [4.78, 5) is 36.7. The molecule has 0 aliphatic carbocycles. The first-order chi connectivity index (χ1) is 14.5. The zero-order chi connectivity index (χ0) is 21.5. The number of nitrogens with one attached hydrogen (secondary N) is 2. The molecule has 0 aliphatic rings. The molecule has 0 fully saturated rings. The number of nitrogens with zero attached hydrogens (tertiary/aromatic N) is 1. The highest BCUT2D eigenvalue weighted by atomic mass is 16.6. The van der Waals surface area contributed by atoms with Gasteiger partial charge in [-0.05, 0) is 17.7 Å². The van der Waals surface area contributed by atoms with E-state index in [9.17, 15) is 14.4 Å². The molecule has 1 aromatic heterocycles. The summed E-state index contributed by atoms with van der Waals surface area (Å²) in [6.45, 7) is -0.0870. The number of aromatic nitrogens is 1. The highest BCUT2D eigenvalue weighted by molar-refractivity contribution is 5.99. The van der Waals surface area contributed by atoms with Crippen LogP contribution in [0, 0.1) is 0 Å². The van der Waals surface area contributed by atoms with Crippen LogP contribution in [0.4, 0.5) is 4.79 Å². The normalized spacial score (nSPS) is 11.5. The molecule has 1 heterocycles. The standard InChI is InChI=1S/C22H23N3O5/c1-25-18-11-7-6-10-16(18)12-19(25)20(26)23-13-17(21(27)29-2)24-22(28)30-14-15-8-4-3-5-9-15/h3-12,17H,13-14H2,1-2H3,(H,23,26)(H,24,28). The Labute approximate surface area is 173 Å². The number of carbonyl (C=O) groups is 3. The van der Waals surface area contributed by atoms with Gasteiger partial charge in [0.2, 0.25) is 0 Å². The van der Waals surface area contributed by atoms with Crippen molar-refractivity contribution >= 4 is 28.9 Å². The fourth-order valence-corrected chi connectivity index (χ4v) is 3.03. The summed E-state index contributed by atoms with van der Waals surface area (Å²) in [5.41, 5.74) is 2.16. The van der Waals surface area contributed by atoms with E-state index in [0.717, 1.165) is 16.5 Å². The number of hydrogen-bond donors (Lipinski definition) is 2. The first-order valence-corrected chi connectivity index (χ1v) is 9.37. The molecule has 2 amide bonds. The average Bonchev–Trinajstić information content (AvgIpc) is 3.12. The minimum atomic E-state index is -1.09. The van der Waals surface area contributed by atoms with Crippen LogP contribution in [0.15, 0.2) is 60.7 Å². The highest BCUT2D eigenvalue weighted by Crippen LogP contribution is 2.18.